The molecule has 0 fully saturated rings. The molecule has 0 aliphatic carbocycles. The van der Waals surface area contributed by atoms with E-state index in [4.69, 9.17) is 0 Å². The fourth-order valence-electron chi connectivity index (χ4n) is 2.09. The fraction of sp³-hybridized carbons (Fsp3) is 1.00. The highest BCUT2D eigenvalue weighted by molar-refractivity contribution is 4.61. The lowest BCUT2D eigenvalue weighted by molar-refractivity contribution is 0.127. The van der Waals surface area contributed by atoms with Crippen LogP contribution in [0.4, 0.5) is 0 Å². The van der Waals surface area contributed by atoms with Gasteiger partial charge in [-0.2, -0.15) is 0 Å². The first-order valence-electron chi connectivity index (χ1n) is 7.26. The second-order valence-electron chi connectivity index (χ2n) is 5.60. The van der Waals surface area contributed by atoms with Crippen LogP contribution in [0, 0.1) is 11.8 Å². The van der Waals surface area contributed by atoms with Gasteiger partial charge in [0.1, 0.15) is 0 Å². The number of aliphatic hydroxyl groups is 1. The highest BCUT2D eigenvalue weighted by atomic mass is 16.3. The van der Waals surface area contributed by atoms with Crippen LogP contribution in [0.5, 0.6) is 0 Å². The maximum absolute atomic E-state index is 9.39. The molecule has 1 heteroatoms. The Morgan fingerprint density at radius 1 is 0.812 bits per heavy atom. The highest BCUT2D eigenvalue weighted by Crippen LogP contribution is 2.19. The van der Waals surface area contributed by atoms with E-state index >= 15 is 0 Å². The lowest BCUT2D eigenvalue weighted by Crippen LogP contribution is -2.13. The van der Waals surface area contributed by atoms with Crippen LogP contribution in [0.2, 0.25) is 0 Å². The van der Waals surface area contributed by atoms with Crippen molar-refractivity contribution in [1.82, 2.24) is 0 Å². The normalized spacial score (nSPS) is 17.1. The summed E-state index contributed by atoms with van der Waals surface area (Å²) in [5, 5.41) is 9.39. The quantitative estimate of drug-likeness (QED) is 0.533. The van der Waals surface area contributed by atoms with Crippen molar-refractivity contribution in [3.8, 4) is 0 Å². The van der Waals surface area contributed by atoms with Gasteiger partial charge in [-0.05, 0) is 25.2 Å². The molecule has 0 aromatic carbocycles. The van der Waals surface area contributed by atoms with Gasteiger partial charge in [0.2, 0.25) is 0 Å². The molecule has 0 aromatic rings. The summed E-state index contributed by atoms with van der Waals surface area (Å²) in [7, 11) is 0. The molecule has 0 aromatic heterocycles. The van der Waals surface area contributed by atoms with Crippen LogP contribution in [0.15, 0.2) is 0 Å². The Balaban J connectivity index is 3.33. The van der Waals surface area contributed by atoms with Gasteiger partial charge < -0.3 is 5.11 Å². The number of hydrogen-bond donors (Lipinski definition) is 1. The standard InChI is InChI=1S/C15H32O/c1-5-6-7-8-10-13(2)11-9-12-14(3)15(4)16/h13-16H,5-12H2,1-4H3/t13-,14+,15+/m0/s1. The van der Waals surface area contributed by atoms with Gasteiger partial charge in [0.15, 0.2) is 0 Å². The van der Waals surface area contributed by atoms with E-state index in [1.807, 2.05) is 6.92 Å². The van der Waals surface area contributed by atoms with Crippen LogP contribution in [0.1, 0.15) is 79.1 Å². The Kier molecular flexibility index (Phi) is 10.1. The predicted molar refractivity (Wildman–Crippen MR) is 72.6 cm³/mol. The van der Waals surface area contributed by atoms with Gasteiger partial charge in [-0.1, -0.05) is 65.7 Å². The van der Waals surface area contributed by atoms with Crippen molar-refractivity contribution < 1.29 is 5.11 Å². The first-order chi connectivity index (χ1) is 7.57. The average molecular weight is 228 g/mol. The molecule has 0 radical (unpaired) electrons. The predicted octanol–water partition coefficient (Wildman–Crippen LogP) is 4.78. The van der Waals surface area contributed by atoms with E-state index in [2.05, 4.69) is 20.8 Å². The van der Waals surface area contributed by atoms with E-state index in [0.29, 0.717) is 5.92 Å². The minimum absolute atomic E-state index is 0.139. The third-order valence-corrected chi connectivity index (χ3v) is 3.73. The SMILES string of the molecule is CCCCCC[C@H](C)CCC[C@@H](C)[C@@H](C)O. The maximum atomic E-state index is 9.39. The molecule has 3 atom stereocenters. The summed E-state index contributed by atoms with van der Waals surface area (Å²) in [5.41, 5.74) is 0. The van der Waals surface area contributed by atoms with Crippen molar-refractivity contribution >= 4 is 0 Å². The molecule has 0 saturated heterocycles. The van der Waals surface area contributed by atoms with Crippen LogP contribution in [0.25, 0.3) is 0 Å². The smallest absolute Gasteiger partial charge is 0.0537 e. The summed E-state index contributed by atoms with van der Waals surface area (Å²) >= 11 is 0. The summed E-state index contributed by atoms with van der Waals surface area (Å²) in [5.74, 6) is 1.34. The Morgan fingerprint density at radius 3 is 2.00 bits per heavy atom. The molecule has 0 amide bonds. The molecule has 0 heterocycles. The molecule has 1 N–H and O–H groups in total. The first kappa shape index (κ1) is 16.0. The molecule has 1 nitrogen and oxygen atoms in total. The van der Waals surface area contributed by atoms with Gasteiger partial charge in [-0.25, -0.2) is 0 Å². The Labute approximate surface area is 103 Å². The maximum Gasteiger partial charge on any atom is 0.0537 e. The summed E-state index contributed by atoms with van der Waals surface area (Å²) < 4.78 is 0. The molecule has 98 valence electrons. The molecular formula is C15H32O. The lowest BCUT2D eigenvalue weighted by atomic mass is 9.93. The molecule has 0 bridgehead atoms. The molecular weight excluding hydrogens is 196 g/mol. The van der Waals surface area contributed by atoms with Crippen LogP contribution >= 0.6 is 0 Å². The van der Waals surface area contributed by atoms with Gasteiger partial charge in [-0.3, -0.25) is 0 Å². The molecule has 0 spiro atoms. The zero-order valence-electron chi connectivity index (χ0n) is 11.8. The minimum atomic E-state index is -0.139. The number of rotatable bonds is 10. The van der Waals surface area contributed by atoms with E-state index in [1.54, 1.807) is 0 Å². The second kappa shape index (κ2) is 10.1. The van der Waals surface area contributed by atoms with Crippen molar-refractivity contribution in [2.45, 2.75) is 85.2 Å². The van der Waals surface area contributed by atoms with Gasteiger partial charge in [0.05, 0.1) is 6.10 Å². The summed E-state index contributed by atoms with van der Waals surface area (Å²) in [6, 6.07) is 0. The van der Waals surface area contributed by atoms with E-state index in [1.165, 1.54) is 51.4 Å². The molecule has 0 rings (SSSR count). The van der Waals surface area contributed by atoms with Crippen LogP contribution in [0.3, 0.4) is 0 Å². The average Bonchev–Trinajstić information content (AvgIpc) is 2.24. The number of hydrogen-bond acceptors (Lipinski definition) is 1. The van der Waals surface area contributed by atoms with E-state index in [-0.39, 0.29) is 6.10 Å². The Morgan fingerprint density at radius 2 is 1.44 bits per heavy atom. The third-order valence-electron chi connectivity index (χ3n) is 3.73. The minimum Gasteiger partial charge on any atom is -0.393 e. The second-order valence-corrected chi connectivity index (χ2v) is 5.60. The molecule has 0 aliphatic rings. The summed E-state index contributed by atoms with van der Waals surface area (Å²) in [4.78, 5) is 0. The molecule has 16 heavy (non-hydrogen) atoms. The van der Waals surface area contributed by atoms with Crippen LogP contribution < -0.4 is 0 Å². The molecule has 0 unspecified atom stereocenters. The molecule has 0 aliphatic heterocycles. The fourth-order valence-corrected chi connectivity index (χ4v) is 2.09. The lowest BCUT2D eigenvalue weighted by Gasteiger charge is -2.16. The van der Waals surface area contributed by atoms with E-state index < -0.39 is 0 Å². The van der Waals surface area contributed by atoms with Gasteiger partial charge in [0, 0.05) is 0 Å². The largest absolute Gasteiger partial charge is 0.393 e. The third kappa shape index (κ3) is 9.21. The summed E-state index contributed by atoms with van der Waals surface area (Å²) in [6.45, 7) is 8.69. The molecule has 0 saturated carbocycles. The summed E-state index contributed by atoms with van der Waals surface area (Å²) in [6.07, 6.45) is 10.6. The highest BCUT2D eigenvalue weighted by Gasteiger charge is 2.09. The number of unbranched alkanes of at least 4 members (excludes halogenated alkanes) is 3. The van der Waals surface area contributed by atoms with Gasteiger partial charge >= 0.3 is 0 Å². The Bertz CT molecular complexity index is 142. The van der Waals surface area contributed by atoms with Gasteiger partial charge in [0.25, 0.3) is 0 Å². The first-order valence-corrected chi connectivity index (χ1v) is 7.26. The van der Waals surface area contributed by atoms with Crippen molar-refractivity contribution in [3.63, 3.8) is 0 Å². The topological polar surface area (TPSA) is 20.2 Å². The van der Waals surface area contributed by atoms with E-state index in [9.17, 15) is 5.11 Å². The monoisotopic (exact) mass is 228 g/mol. The van der Waals surface area contributed by atoms with Crippen molar-refractivity contribution in [2.75, 3.05) is 0 Å². The van der Waals surface area contributed by atoms with Crippen LogP contribution in [-0.2, 0) is 0 Å². The van der Waals surface area contributed by atoms with Crippen molar-refractivity contribution in [2.24, 2.45) is 11.8 Å². The van der Waals surface area contributed by atoms with Crippen LogP contribution in [-0.4, -0.2) is 11.2 Å². The van der Waals surface area contributed by atoms with Gasteiger partial charge in [-0.15, -0.1) is 0 Å². The zero-order chi connectivity index (χ0) is 12.4. The Hall–Kier alpha value is -0.0400. The van der Waals surface area contributed by atoms with E-state index in [0.717, 1.165) is 5.92 Å². The zero-order valence-corrected chi connectivity index (χ0v) is 11.8. The van der Waals surface area contributed by atoms with Crippen molar-refractivity contribution in [1.29, 1.82) is 0 Å². The van der Waals surface area contributed by atoms with Crippen molar-refractivity contribution in [3.05, 3.63) is 0 Å². The number of aliphatic hydroxyl groups excluding tert-OH is 1.